The molecular formula is C9H10N2OS. The second kappa shape index (κ2) is 2.67. The second-order valence-corrected chi connectivity index (χ2v) is 4.26. The zero-order chi connectivity index (χ0) is 9.59. The monoisotopic (exact) mass is 194 g/mol. The molecular weight excluding hydrogens is 184 g/mol. The minimum Gasteiger partial charge on any atom is -0.294 e. The first-order valence-electron chi connectivity index (χ1n) is 4.05. The highest BCUT2D eigenvalue weighted by atomic mass is 32.1. The highest BCUT2D eigenvalue weighted by Crippen LogP contribution is 2.25. The van der Waals surface area contributed by atoms with Gasteiger partial charge in [-0.1, -0.05) is 0 Å². The molecule has 0 saturated carbocycles. The molecule has 0 unspecified atom stereocenters. The third kappa shape index (κ3) is 1.02. The first-order valence-corrected chi connectivity index (χ1v) is 4.87. The van der Waals surface area contributed by atoms with E-state index in [9.17, 15) is 4.79 Å². The number of carbonyl (C=O) groups is 1. The zero-order valence-electron chi connectivity index (χ0n) is 7.79. The maximum Gasteiger partial charge on any atom is 0.185 e. The average Bonchev–Trinajstić information content (AvgIpc) is 2.55. The minimum atomic E-state index is 0.509. The second-order valence-electron chi connectivity index (χ2n) is 3.06. The summed E-state index contributed by atoms with van der Waals surface area (Å²) in [6.45, 7) is 5.99. The van der Waals surface area contributed by atoms with Gasteiger partial charge < -0.3 is 0 Å². The highest BCUT2D eigenvalue weighted by Gasteiger charge is 2.12. The van der Waals surface area contributed by atoms with E-state index >= 15 is 0 Å². The summed E-state index contributed by atoms with van der Waals surface area (Å²) in [6.07, 6.45) is 0.805. The maximum absolute atomic E-state index is 10.7. The van der Waals surface area contributed by atoms with Crippen LogP contribution in [0.3, 0.4) is 0 Å². The summed E-state index contributed by atoms with van der Waals surface area (Å²) in [6, 6.07) is 0. The Bertz CT molecular complexity index is 481. The van der Waals surface area contributed by atoms with Gasteiger partial charge in [-0.05, 0) is 20.8 Å². The number of imidazole rings is 1. The Balaban J connectivity index is 2.95. The SMILES string of the molecule is Cc1sc2c(C)nc(C=O)n2c1C. The van der Waals surface area contributed by atoms with Gasteiger partial charge in [-0.3, -0.25) is 9.20 Å². The molecule has 0 aliphatic carbocycles. The van der Waals surface area contributed by atoms with Crippen molar-refractivity contribution in [2.75, 3.05) is 0 Å². The topological polar surface area (TPSA) is 34.4 Å². The van der Waals surface area contributed by atoms with Gasteiger partial charge in [0.1, 0.15) is 4.83 Å². The lowest BCUT2D eigenvalue weighted by Crippen LogP contribution is -1.93. The first-order chi connectivity index (χ1) is 6.15. The standard InChI is InChI=1S/C9H10N2OS/c1-5-9-11(8(4-12)10-5)6(2)7(3)13-9/h4H,1-3H3. The molecule has 0 amide bonds. The highest BCUT2D eigenvalue weighted by molar-refractivity contribution is 7.17. The fourth-order valence-electron chi connectivity index (χ4n) is 1.43. The van der Waals surface area contributed by atoms with Gasteiger partial charge in [0.2, 0.25) is 0 Å². The predicted molar refractivity (Wildman–Crippen MR) is 52.7 cm³/mol. The van der Waals surface area contributed by atoms with Crippen LogP contribution in [-0.4, -0.2) is 15.7 Å². The van der Waals surface area contributed by atoms with Gasteiger partial charge in [0, 0.05) is 10.6 Å². The van der Waals surface area contributed by atoms with E-state index in [1.165, 1.54) is 4.88 Å². The number of thiazole rings is 1. The van der Waals surface area contributed by atoms with Crippen LogP contribution in [0.1, 0.15) is 26.9 Å². The molecule has 0 aliphatic rings. The van der Waals surface area contributed by atoms with E-state index in [1.54, 1.807) is 11.3 Å². The molecule has 0 atom stereocenters. The molecule has 2 heterocycles. The van der Waals surface area contributed by atoms with Crippen LogP contribution < -0.4 is 0 Å². The van der Waals surface area contributed by atoms with Crippen molar-refractivity contribution in [1.29, 1.82) is 0 Å². The third-order valence-electron chi connectivity index (χ3n) is 2.22. The van der Waals surface area contributed by atoms with E-state index < -0.39 is 0 Å². The summed E-state index contributed by atoms with van der Waals surface area (Å²) >= 11 is 1.68. The van der Waals surface area contributed by atoms with Crippen molar-refractivity contribution in [2.24, 2.45) is 0 Å². The van der Waals surface area contributed by atoms with Crippen molar-refractivity contribution in [3.8, 4) is 0 Å². The lowest BCUT2D eigenvalue weighted by Gasteiger charge is -1.91. The van der Waals surface area contributed by atoms with E-state index in [2.05, 4.69) is 11.9 Å². The number of fused-ring (bicyclic) bond motifs is 1. The Morgan fingerprint density at radius 2 is 2.08 bits per heavy atom. The molecule has 0 bridgehead atoms. The van der Waals surface area contributed by atoms with Crippen LogP contribution in [0.25, 0.3) is 4.83 Å². The van der Waals surface area contributed by atoms with Crippen LogP contribution in [0, 0.1) is 20.8 Å². The van der Waals surface area contributed by atoms with Crippen LogP contribution in [0.4, 0.5) is 0 Å². The maximum atomic E-state index is 10.7. The quantitative estimate of drug-likeness (QED) is 0.652. The van der Waals surface area contributed by atoms with Gasteiger partial charge in [-0.25, -0.2) is 4.98 Å². The Kier molecular flexibility index (Phi) is 1.73. The molecule has 13 heavy (non-hydrogen) atoms. The lowest BCUT2D eigenvalue weighted by molar-refractivity contribution is 0.111. The number of aldehydes is 1. The largest absolute Gasteiger partial charge is 0.294 e. The van der Waals surface area contributed by atoms with Crippen molar-refractivity contribution in [3.05, 3.63) is 22.1 Å². The van der Waals surface area contributed by atoms with Gasteiger partial charge in [-0.15, -0.1) is 11.3 Å². The molecule has 3 nitrogen and oxygen atoms in total. The number of hydrogen-bond donors (Lipinski definition) is 0. The summed E-state index contributed by atoms with van der Waals surface area (Å²) < 4.78 is 1.92. The van der Waals surface area contributed by atoms with E-state index in [1.807, 2.05) is 18.2 Å². The van der Waals surface area contributed by atoms with Gasteiger partial charge in [0.15, 0.2) is 12.1 Å². The van der Waals surface area contributed by atoms with Gasteiger partial charge in [0.05, 0.1) is 5.69 Å². The lowest BCUT2D eigenvalue weighted by atomic mass is 10.4. The number of rotatable bonds is 1. The zero-order valence-corrected chi connectivity index (χ0v) is 8.60. The van der Waals surface area contributed by atoms with Crippen molar-refractivity contribution in [2.45, 2.75) is 20.8 Å². The van der Waals surface area contributed by atoms with Crippen LogP contribution in [0.2, 0.25) is 0 Å². The van der Waals surface area contributed by atoms with Crippen LogP contribution >= 0.6 is 11.3 Å². The molecule has 68 valence electrons. The van der Waals surface area contributed by atoms with Crippen LogP contribution in [0.15, 0.2) is 0 Å². The summed E-state index contributed by atoms with van der Waals surface area (Å²) in [4.78, 5) is 17.2. The summed E-state index contributed by atoms with van der Waals surface area (Å²) in [7, 11) is 0. The van der Waals surface area contributed by atoms with Crippen LogP contribution in [-0.2, 0) is 0 Å². The molecule has 0 aromatic carbocycles. The molecule has 2 rings (SSSR count). The molecule has 0 saturated heterocycles. The normalized spacial score (nSPS) is 11.0. The molecule has 0 spiro atoms. The Morgan fingerprint density at radius 1 is 1.38 bits per heavy atom. The molecule has 0 N–H and O–H groups in total. The number of hydrogen-bond acceptors (Lipinski definition) is 3. The van der Waals surface area contributed by atoms with Gasteiger partial charge in [0.25, 0.3) is 0 Å². The molecule has 2 aromatic rings. The number of aromatic nitrogens is 2. The first kappa shape index (κ1) is 8.44. The smallest absolute Gasteiger partial charge is 0.185 e. The summed E-state index contributed by atoms with van der Waals surface area (Å²) in [5, 5.41) is 0. The summed E-state index contributed by atoms with van der Waals surface area (Å²) in [5.74, 6) is 0.509. The van der Waals surface area contributed by atoms with E-state index in [-0.39, 0.29) is 0 Å². The molecule has 4 heteroatoms. The van der Waals surface area contributed by atoms with Crippen molar-refractivity contribution >= 4 is 22.5 Å². The predicted octanol–water partition coefficient (Wildman–Crippen LogP) is 2.13. The Hall–Kier alpha value is -1.16. The molecule has 0 radical (unpaired) electrons. The van der Waals surface area contributed by atoms with Crippen LogP contribution in [0.5, 0.6) is 0 Å². The van der Waals surface area contributed by atoms with E-state index in [0.29, 0.717) is 5.82 Å². The van der Waals surface area contributed by atoms with E-state index in [0.717, 1.165) is 22.5 Å². The van der Waals surface area contributed by atoms with Crippen molar-refractivity contribution < 1.29 is 4.79 Å². The number of aryl methyl sites for hydroxylation is 3. The Labute approximate surface area is 80.0 Å². The van der Waals surface area contributed by atoms with Gasteiger partial charge in [-0.2, -0.15) is 0 Å². The fourth-order valence-corrected chi connectivity index (χ4v) is 2.48. The Morgan fingerprint density at radius 3 is 2.69 bits per heavy atom. The molecule has 0 fully saturated rings. The minimum absolute atomic E-state index is 0.509. The third-order valence-corrected chi connectivity index (χ3v) is 3.50. The molecule has 0 aliphatic heterocycles. The fraction of sp³-hybridized carbons (Fsp3) is 0.333. The number of carbonyl (C=O) groups excluding carboxylic acids is 1. The average molecular weight is 194 g/mol. The molecule has 2 aromatic heterocycles. The van der Waals surface area contributed by atoms with Crippen molar-refractivity contribution in [1.82, 2.24) is 9.38 Å². The van der Waals surface area contributed by atoms with E-state index in [4.69, 9.17) is 0 Å². The number of nitrogens with zero attached hydrogens (tertiary/aromatic N) is 2. The van der Waals surface area contributed by atoms with Gasteiger partial charge >= 0.3 is 0 Å². The van der Waals surface area contributed by atoms with Crippen molar-refractivity contribution in [3.63, 3.8) is 0 Å². The summed E-state index contributed by atoms with van der Waals surface area (Å²) in [5.41, 5.74) is 2.05.